The zero-order valence-electron chi connectivity index (χ0n) is 14.4. The number of aryl methyl sites for hydroxylation is 1. The lowest BCUT2D eigenvalue weighted by Crippen LogP contribution is -2.29. The number of hydrogen-bond donors (Lipinski definition) is 1. The topological polar surface area (TPSA) is 47.2 Å². The Labute approximate surface area is 144 Å². The highest BCUT2D eigenvalue weighted by Gasteiger charge is 2.19. The van der Waals surface area contributed by atoms with Gasteiger partial charge in [0.15, 0.2) is 17.2 Å². The number of amides is 1. The molecule has 0 aliphatic heterocycles. The summed E-state index contributed by atoms with van der Waals surface area (Å²) in [5.41, 5.74) is 2.33. The minimum absolute atomic E-state index is 0.222. The van der Waals surface area contributed by atoms with Gasteiger partial charge in [0, 0.05) is 25.2 Å². The van der Waals surface area contributed by atoms with Gasteiger partial charge in [-0.1, -0.05) is 19.9 Å². The van der Waals surface area contributed by atoms with E-state index in [1.165, 1.54) is 6.07 Å². The largest absolute Gasteiger partial charge is 0.460 e. The molecule has 3 rings (SSSR count). The Balaban J connectivity index is 1.99. The second kappa shape index (κ2) is 6.70. The lowest BCUT2D eigenvalue weighted by Gasteiger charge is -2.12. The van der Waals surface area contributed by atoms with Crippen molar-refractivity contribution in [3.8, 4) is 0 Å². The molecule has 0 saturated carbocycles. The minimum Gasteiger partial charge on any atom is -0.460 e. The van der Waals surface area contributed by atoms with Crippen LogP contribution in [0.15, 0.2) is 34.7 Å². The SMILES string of the molecule is Cc1cc2c(cc(C(=O)NCC(C)C)n2Cc2ccc(F)c(F)c2)o1. The summed E-state index contributed by atoms with van der Waals surface area (Å²) in [7, 11) is 0. The number of rotatable bonds is 5. The number of hydrogen-bond acceptors (Lipinski definition) is 2. The second-order valence-electron chi connectivity index (χ2n) is 6.57. The number of benzene rings is 1. The van der Waals surface area contributed by atoms with Crippen molar-refractivity contribution < 1.29 is 18.0 Å². The van der Waals surface area contributed by atoms with Crippen molar-refractivity contribution in [2.24, 2.45) is 5.92 Å². The van der Waals surface area contributed by atoms with E-state index in [-0.39, 0.29) is 12.5 Å². The smallest absolute Gasteiger partial charge is 0.268 e. The summed E-state index contributed by atoms with van der Waals surface area (Å²) >= 11 is 0. The highest BCUT2D eigenvalue weighted by molar-refractivity contribution is 5.97. The van der Waals surface area contributed by atoms with E-state index in [4.69, 9.17) is 4.42 Å². The van der Waals surface area contributed by atoms with Gasteiger partial charge < -0.3 is 14.3 Å². The molecule has 1 amide bonds. The van der Waals surface area contributed by atoms with Gasteiger partial charge in [-0.05, 0) is 30.5 Å². The van der Waals surface area contributed by atoms with Crippen molar-refractivity contribution in [2.75, 3.05) is 6.54 Å². The van der Waals surface area contributed by atoms with E-state index in [1.54, 1.807) is 10.6 Å². The highest BCUT2D eigenvalue weighted by atomic mass is 19.2. The second-order valence-corrected chi connectivity index (χ2v) is 6.57. The van der Waals surface area contributed by atoms with Gasteiger partial charge >= 0.3 is 0 Å². The van der Waals surface area contributed by atoms with Crippen molar-refractivity contribution in [1.82, 2.24) is 9.88 Å². The molecule has 0 bridgehead atoms. The van der Waals surface area contributed by atoms with Gasteiger partial charge in [-0.15, -0.1) is 0 Å². The number of carbonyl (C=O) groups is 1. The quantitative estimate of drug-likeness (QED) is 0.750. The first-order chi connectivity index (χ1) is 11.8. The molecule has 0 saturated heterocycles. The first kappa shape index (κ1) is 17.2. The fourth-order valence-electron chi connectivity index (χ4n) is 2.73. The normalized spacial score (nSPS) is 11.4. The summed E-state index contributed by atoms with van der Waals surface area (Å²) in [6.07, 6.45) is 0. The number of fused-ring (bicyclic) bond motifs is 1. The van der Waals surface area contributed by atoms with Crippen molar-refractivity contribution in [3.05, 3.63) is 59.0 Å². The van der Waals surface area contributed by atoms with Crippen LogP contribution in [0.3, 0.4) is 0 Å². The van der Waals surface area contributed by atoms with Crippen LogP contribution in [0.2, 0.25) is 0 Å². The predicted octanol–water partition coefficient (Wildman–Crippen LogP) is 4.26. The lowest BCUT2D eigenvalue weighted by molar-refractivity contribution is 0.0940. The first-order valence-corrected chi connectivity index (χ1v) is 8.17. The average molecular weight is 346 g/mol. The van der Waals surface area contributed by atoms with Gasteiger partial charge in [0.05, 0.1) is 5.52 Å². The molecule has 132 valence electrons. The van der Waals surface area contributed by atoms with E-state index in [0.717, 1.165) is 23.4 Å². The zero-order chi connectivity index (χ0) is 18.1. The molecular formula is C19H20F2N2O2. The van der Waals surface area contributed by atoms with Crippen LogP contribution in [-0.2, 0) is 6.54 Å². The maximum absolute atomic E-state index is 13.5. The Bertz CT molecular complexity index is 925. The van der Waals surface area contributed by atoms with Crippen LogP contribution in [0.4, 0.5) is 8.78 Å². The van der Waals surface area contributed by atoms with E-state index >= 15 is 0 Å². The Morgan fingerprint density at radius 2 is 1.96 bits per heavy atom. The molecule has 0 atom stereocenters. The van der Waals surface area contributed by atoms with E-state index in [9.17, 15) is 13.6 Å². The molecule has 3 aromatic rings. The molecular weight excluding hydrogens is 326 g/mol. The van der Waals surface area contributed by atoms with E-state index in [0.29, 0.717) is 29.3 Å². The molecule has 2 aromatic heterocycles. The molecule has 1 N–H and O–H groups in total. The molecule has 6 heteroatoms. The Morgan fingerprint density at radius 3 is 2.64 bits per heavy atom. The van der Waals surface area contributed by atoms with E-state index < -0.39 is 11.6 Å². The number of halogens is 2. The maximum atomic E-state index is 13.5. The first-order valence-electron chi connectivity index (χ1n) is 8.17. The molecule has 25 heavy (non-hydrogen) atoms. The van der Waals surface area contributed by atoms with Crippen LogP contribution in [-0.4, -0.2) is 17.0 Å². The number of nitrogens with zero attached hydrogens (tertiary/aromatic N) is 1. The lowest BCUT2D eigenvalue weighted by atomic mass is 10.2. The molecule has 0 aliphatic rings. The van der Waals surface area contributed by atoms with E-state index in [1.807, 2.05) is 26.8 Å². The maximum Gasteiger partial charge on any atom is 0.268 e. The van der Waals surface area contributed by atoms with Crippen molar-refractivity contribution in [2.45, 2.75) is 27.3 Å². The van der Waals surface area contributed by atoms with Gasteiger partial charge in [-0.25, -0.2) is 8.78 Å². The van der Waals surface area contributed by atoms with Crippen LogP contribution in [0.1, 0.15) is 35.7 Å². The van der Waals surface area contributed by atoms with Crippen LogP contribution in [0, 0.1) is 24.5 Å². The monoisotopic (exact) mass is 346 g/mol. The van der Waals surface area contributed by atoms with Gasteiger partial charge in [-0.2, -0.15) is 0 Å². The van der Waals surface area contributed by atoms with Gasteiger partial charge in [0.2, 0.25) is 0 Å². The Hall–Kier alpha value is -2.63. The van der Waals surface area contributed by atoms with Crippen molar-refractivity contribution in [1.29, 1.82) is 0 Å². The third-order valence-electron chi connectivity index (χ3n) is 3.94. The summed E-state index contributed by atoms with van der Waals surface area (Å²) in [6.45, 7) is 6.63. The van der Waals surface area contributed by atoms with Crippen LogP contribution < -0.4 is 5.32 Å². The highest BCUT2D eigenvalue weighted by Crippen LogP contribution is 2.25. The van der Waals surface area contributed by atoms with Gasteiger partial charge in [-0.3, -0.25) is 4.79 Å². The number of nitrogens with one attached hydrogen (secondary N) is 1. The summed E-state index contributed by atoms with van der Waals surface area (Å²) in [5, 5.41) is 2.87. The fourth-order valence-corrected chi connectivity index (χ4v) is 2.73. The standard InChI is InChI=1S/C19H20F2N2O2/c1-11(2)9-22-19(24)17-8-18-16(6-12(3)25-18)23(17)10-13-4-5-14(20)15(21)7-13/h4-8,11H,9-10H2,1-3H3,(H,22,24). The zero-order valence-corrected chi connectivity index (χ0v) is 14.4. The molecule has 0 aliphatic carbocycles. The van der Waals surface area contributed by atoms with Gasteiger partial charge in [0.25, 0.3) is 5.91 Å². The summed E-state index contributed by atoms with van der Waals surface area (Å²) in [5.74, 6) is -0.979. The average Bonchev–Trinajstić information content (AvgIpc) is 3.06. The number of aromatic nitrogens is 1. The Kier molecular flexibility index (Phi) is 4.61. The number of furan rings is 1. The van der Waals surface area contributed by atoms with Crippen molar-refractivity contribution >= 4 is 17.0 Å². The third-order valence-corrected chi connectivity index (χ3v) is 3.94. The molecule has 0 unspecified atom stereocenters. The summed E-state index contributed by atoms with van der Waals surface area (Å²) in [6, 6.07) is 7.24. The molecule has 0 fully saturated rings. The van der Waals surface area contributed by atoms with Crippen molar-refractivity contribution in [3.63, 3.8) is 0 Å². The Morgan fingerprint density at radius 1 is 1.20 bits per heavy atom. The molecule has 1 aromatic carbocycles. The van der Waals surface area contributed by atoms with Crippen LogP contribution in [0.5, 0.6) is 0 Å². The summed E-state index contributed by atoms with van der Waals surface area (Å²) in [4.78, 5) is 12.5. The fraction of sp³-hybridized carbons (Fsp3) is 0.316. The van der Waals surface area contributed by atoms with Crippen LogP contribution >= 0.6 is 0 Å². The molecule has 0 spiro atoms. The third kappa shape index (κ3) is 3.57. The summed E-state index contributed by atoms with van der Waals surface area (Å²) < 4.78 is 34.0. The van der Waals surface area contributed by atoms with Crippen LogP contribution in [0.25, 0.3) is 11.1 Å². The number of carbonyl (C=O) groups excluding carboxylic acids is 1. The predicted molar refractivity (Wildman–Crippen MR) is 91.6 cm³/mol. The van der Waals surface area contributed by atoms with E-state index in [2.05, 4.69) is 5.32 Å². The molecule has 4 nitrogen and oxygen atoms in total. The molecule has 2 heterocycles. The minimum atomic E-state index is -0.907. The molecule has 0 radical (unpaired) electrons. The van der Waals surface area contributed by atoms with Gasteiger partial charge in [0.1, 0.15) is 11.5 Å².